The molecule has 0 bridgehead atoms. The fourth-order valence-corrected chi connectivity index (χ4v) is 1.73. The summed E-state index contributed by atoms with van der Waals surface area (Å²) >= 11 is 0.721. The Morgan fingerprint density at radius 1 is 1.33 bits per heavy atom. The molecule has 0 aliphatic carbocycles. The number of piperazine rings is 1. The van der Waals surface area contributed by atoms with Crippen LogP contribution in [0, 0.1) is 11.8 Å². The number of carbonyl (C=O) groups is 2. The highest BCUT2D eigenvalue weighted by molar-refractivity contribution is 7.99. The van der Waals surface area contributed by atoms with Gasteiger partial charge in [-0.25, -0.2) is 0 Å². The molecule has 1 saturated heterocycles. The molecule has 2 atom stereocenters. The highest BCUT2D eigenvalue weighted by Crippen LogP contribution is 2.29. The number of nitrogens with one attached hydrogen (secondary N) is 2. The first kappa shape index (κ1) is 12.0. The fourth-order valence-electron chi connectivity index (χ4n) is 1.27. The molecule has 0 aromatic heterocycles. The lowest BCUT2D eigenvalue weighted by atomic mass is 9.99. The minimum Gasteiger partial charge on any atom is -0.342 e. The Bertz CT molecular complexity index is 306. The van der Waals surface area contributed by atoms with Crippen molar-refractivity contribution in [3.8, 4) is 0 Å². The zero-order valence-electron chi connectivity index (χ0n) is 8.44. The molecule has 15 heavy (non-hydrogen) atoms. The molecular weight excluding hydrogens is 218 g/mol. The number of hydrogen-bond donors (Lipinski definition) is 2. The molecule has 0 saturated carbocycles. The summed E-state index contributed by atoms with van der Waals surface area (Å²) in [6, 6.07) is -1.55. The van der Waals surface area contributed by atoms with Gasteiger partial charge < -0.3 is 10.6 Å². The Hall–Kier alpha value is -1.11. The first-order valence-corrected chi connectivity index (χ1v) is 5.10. The number of hydrogen-bond acceptors (Lipinski definition) is 5. The minimum absolute atomic E-state index is 0.351. The van der Waals surface area contributed by atoms with Crippen LogP contribution in [0.4, 0.5) is 0 Å². The van der Waals surface area contributed by atoms with Crippen LogP contribution in [0.25, 0.3) is 0 Å². The molecule has 2 N–H and O–H groups in total. The summed E-state index contributed by atoms with van der Waals surface area (Å²) in [5.74, 6) is -0.713. The summed E-state index contributed by atoms with van der Waals surface area (Å²) < 4.78 is 1.90. The van der Waals surface area contributed by atoms with E-state index in [1.807, 2.05) is 0 Å². The fraction of sp³-hybridized carbons (Fsp3) is 0.625. The molecule has 2 amide bonds. The van der Waals surface area contributed by atoms with Crippen molar-refractivity contribution in [3.05, 3.63) is 11.8 Å². The largest absolute Gasteiger partial charge is 0.342 e. The van der Waals surface area contributed by atoms with E-state index in [1.165, 1.54) is 0 Å². The zero-order valence-corrected chi connectivity index (χ0v) is 9.26. The Kier molecular flexibility index (Phi) is 3.33. The van der Waals surface area contributed by atoms with E-state index in [0.29, 0.717) is 0 Å². The van der Waals surface area contributed by atoms with E-state index in [-0.39, 0.29) is 11.8 Å². The van der Waals surface area contributed by atoms with Gasteiger partial charge in [0.1, 0.15) is 12.1 Å². The van der Waals surface area contributed by atoms with Crippen LogP contribution < -0.4 is 10.6 Å². The quantitative estimate of drug-likeness (QED) is 0.527. The van der Waals surface area contributed by atoms with Crippen molar-refractivity contribution in [1.29, 1.82) is 0 Å². The van der Waals surface area contributed by atoms with Crippen molar-refractivity contribution in [2.45, 2.75) is 30.7 Å². The topological polar surface area (TPSA) is 87.6 Å². The van der Waals surface area contributed by atoms with Crippen LogP contribution in [0.2, 0.25) is 0 Å². The Balaban J connectivity index is 2.82. The van der Waals surface area contributed by atoms with Gasteiger partial charge in [0, 0.05) is 16.5 Å². The predicted octanol–water partition coefficient (Wildman–Crippen LogP) is -0.00311. The third-order valence-corrected chi connectivity index (χ3v) is 2.93. The molecule has 6 nitrogen and oxygen atoms in total. The maximum atomic E-state index is 11.5. The van der Waals surface area contributed by atoms with E-state index in [0.717, 1.165) is 11.9 Å². The molecule has 83 valence electrons. The summed E-state index contributed by atoms with van der Waals surface area (Å²) in [6.07, 6.45) is 0. The summed E-state index contributed by atoms with van der Waals surface area (Å²) in [6.45, 7) is 6.77. The highest BCUT2D eigenvalue weighted by Gasteiger charge is 2.42. The minimum atomic E-state index is -0.779. The smallest absolute Gasteiger partial charge is 0.244 e. The van der Waals surface area contributed by atoms with Gasteiger partial charge >= 0.3 is 0 Å². The van der Waals surface area contributed by atoms with Crippen LogP contribution in [-0.4, -0.2) is 28.6 Å². The van der Waals surface area contributed by atoms with Crippen molar-refractivity contribution in [3.63, 3.8) is 0 Å². The van der Waals surface area contributed by atoms with Crippen LogP contribution >= 0.6 is 11.9 Å². The van der Waals surface area contributed by atoms with E-state index in [9.17, 15) is 14.5 Å². The van der Waals surface area contributed by atoms with Gasteiger partial charge in [0.25, 0.3) is 0 Å². The summed E-state index contributed by atoms with van der Waals surface area (Å²) in [5, 5.41) is 4.93. The lowest BCUT2D eigenvalue weighted by molar-refractivity contribution is -0.136. The van der Waals surface area contributed by atoms with E-state index in [4.69, 9.17) is 0 Å². The van der Waals surface area contributed by atoms with Gasteiger partial charge in [0.15, 0.2) is 0 Å². The molecule has 0 unspecified atom stereocenters. The summed E-state index contributed by atoms with van der Waals surface area (Å²) in [7, 11) is 0. The number of carbonyl (C=O) groups excluding carboxylic acids is 2. The molecule has 1 radical (unpaired) electrons. The van der Waals surface area contributed by atoms with Gasteiger partial charge in [-0.2, -0.15) is 0 Å². The number of nitrogens with zero attached hydrogens (tertiary/aromatic N) is 1. The Morgan fingerprint density at radius 3 is 2.47 bits per heavy atom. The molecule has 1 aliphatic heterocycles. The zero-order chi connectivity index (χ0) is 11.6. The molecule has 1 aliphatic rings. The Morgan fingerprint density at radius 2 is 1.93 bits per heavy atom. The van der Waals surface area contributed by atoms with Crippen LogP contribution in [0.15, 0.2) is 4.58 Å². The average molecular weight is 230 g/mol. The van der Waals surface area contributed by atoms with Crippen molar-refractivity contribution >= 4 is 23.8 Å². The van der Waals surface area contributed by atoms with Gasteiger partial charge in [-0.1, -0.05) is 0 Å². The first-order valence-electron chi connectivity index (χ1n) is 4.33. The second-order valence-electron chi connectivity index (χ2n) is 3.77. The number of amides is 2. The van der Waals surface area contributed by atoms with Crippen molar-refractivity contribution in [2.75, 3.05) is 0 Å². The molecular formula is C8H12N3O3S. The first-order chi connectivity index (χ1) is 6.88. The monoisotopic (exact) mass is 230 g/mol. The molecule has 0 aromatic rings. The second kappa shape index (κ2) is 4.18. The number of nitroso groups, excluding NO2 is 1. The standard InChI is InChI=1S/C8H12N3O3S/c1-4-6(12)10-5(7(13)9-4)8(2,3)15-11-14/h4-5H,1H2,2-3H3,(H,9,13)(H,10,12)/t4-,5-/m0/s1. The SMILES string of the molecule is [CH2][C@@H]1NC(=O)[C@@H](C(C)(C)SN=O)NC1=O. The van der Waals surface area contributed by atoms with E-state index >= 15 is 0 Å². The molecule has 1 heterocycles. The van der Waals surface area contributed by atoms with Crippen molar-refractivity contribution < 1.29 is 9.59 Å². The molecule has 0 aromatic carbocycles. The molecule has 1 rings (SSSR count). The van der Waals surface area contributed by atoms with E-state index in [1.54, 1.807) is 13.8 Å². The lowest BCUT2D eigenvalue weighted by Crippen LogP contribution is -2.66. The third kappa shape index (κ3) is 2.47. The van der Waals surface area contributed by atoms with Gasteiger partial charge in [0.05, 0.1) is 4.75 Å². The van der Waals surface area contributed by atoms with Crippen LogP contribution in [0.1, 0.15) is 13.8 Å². The van der Waals surface area contributed by atoms with Crippen LogP contribution in [0.3, 0.4) is 0 Å². The van der Waals surface area contributed by atoms with E-state index in [2.05, 4.69) is 22.1 Å². The molecule has 7 heteroatoms. The third-order valence-electron chi connectivity index (χ3n) is 2.15. The lowest BCUT2D eigenvalue weighted by Gasteiger charge is -2.35. The predicted molar refractivity (Wildman–Crippen MR) is 56.7 cm³/mol. The van der Waals surface area contributed by atoms with Gasteiger partial charge in [-0.15, -0.1) is 4.91 Å². The maximum absolute atomic E-state index is 11.5. The van der Waals surface area contributed by atoms with Crippen LogP contribution in [-0.2, 0) is 9.59 Å². The van der Waals surface area contributed by atoms with Crippen LogP contribution in [0.5, 0.6) is 0 Å². The number of rotatable bonds is 3. The molecule has 0 spiro atoms. The normalized spacial score (nSPS) is 26.9. The van der Waals surface area contributed by atoms with Gasteiger partial charge in [-0.3, -0.25) is 9.59 Å². The Labute approximate surface area is 91.7 Å². The molecule has 1 fully saturated rings. The van der Waals surface area contributed by atoms with Crippen molar-refractivity contribution in [1.82, 2.24) is 10.6 Å². The average Bonchev–Trinajstić information content (AvgIpc) is 2.11. The van der Waals surface area contributed by atoms with Gasteiger partial charge in [0.2, 0.25) is 11.8 Å². The maximum Gasteiger partial charge on any atom is 0.244 e. The highest BCUT2D eigenvalue weighted by atomic mass is 32.2. The van der Waals surface area contributed by atoms with E-state index < -0.39 is 16.8 Å². The summed E-state index contributed by atoms with van der Waals surface area (Å²) in [4.78, 5) is 33.0. The van der Waals surface area contributed by atoms with Gasteiger partial charge in [-0.05, 0) is 20.8 Å². The second-order valence-corrected chi connectivity index (χ2v) is 5.16. The summed E-state index contributed by atoms with van der Waals surface area (Å²) in [5.41, 5.74) is 0. The van der Waals surface area contributed by atoms with Crippen molar-refractivity contribution in [2.24, 2.45) is 4.58 Å².